The van der Waals surface area contributed by atoms with Gasteiger partial charge in [0.05, 0.1) is 6.26 Å². The van der Waals surface area contributed by atoms with Gasteiger partial charge in [0, 0.05) is 23.8 Å². The first-order valence-electron chi connectivity index (χ1n) is 7.80. The smallest absolute Gasteiger partial charge is 0.258 e. The molecule has 0 saturated heterocycles. The summed E-state index contributed by atoms with van der Waals surface area (Å²) in [4.78, 5) is 14.7. The SMILES string of the molecule is CC1Cc2ccc(CNS(C)(=O)=O)cc2N1C(=O)c1ccccc1. The maximum Gasteiger partial charge on any atom is 0.258 e. The van der Waals surface area contributed by atoms with Crippen LogP contribution < -0.4 is 9.62 Å². The highest BCUT2D eigenvalue weighted by Gasteiger charge is 2.31. The van der Waals surface area contributed by atoms with Gasteiger partial charge in [-0.3, -0.25) is 4.79 Å². The molecule has 2 aromatic carbocycles. The van der Waals surface area contributed by atoms with Crippen molar-refractivity contribution in [1.82, 2.24) is 4.72 Å². The quantitative estimate of drug-likeness (QED) is 0.926. The molecule has 3 rings (SSSR count). The van der Waals surface area contributed by atoms with Gasteiger partial charge < -0.3 is 4.90 Å². The summed E-state index contributed by atoms with van der Waals surface area (Å²) in [5.41, 5.74) is 3.45. The van der Waals surface area contributed by atoms with E-state index in [0.29, 0.717) is 5.56 Å². The van der Waals surface area contributed by atoms with E-state index in [1.807, 2.05) is 55.5 Å². The lowest BCUT2D eigenvalue weighted by Gasteiger charge is -2.23. The first-order valence-corrected chi connectivity index (χ1v) is 9.69. The highest BCUT2D eigenvalue weighted by Crippen LogP contribution is 2.34. The monoisotopic (exact) mass is 344 g/mol. The molecule has 0 radical (unpaired) electrons. The van der Waals surface area contributed by atoms with Gasteiger partial charge in [-0.05, 0) is 42.7 Å². The minimum Gasteiger partial charge on any atom is -0.305 e. The number of hydrogen-bond donors (Lipinski definition) is 1. The molecule has 126 valence electrons. The molecule has 1 unspecified atom stereocenters. The van der Waals surface area contributed by atoms with Crippen molar-refractivity contribution >= 4 is 21.6 Å². The molecule has 0 spiro atoms. The van der Waals surface area contributed by atoms with Gasteiger partial charge in [-0.2, -0.15) is 0 Å². The summed E-state index contributed by atoms with van der Waals surface area (Å²) in [5, 5.41) is 0. The molecule has 0 bridgehead atoms. The molecule has 6 heteroatoms. The van der Waals surface area contributed by atoms with Crippen LogP contribution in [0.25, 0.3) is 0 Å². The fourth-order valence-corrected chi connectivity index (χ4v) is 3.44. The lowest BCUT2D eigenvalue weighted by molar-refractivity contribution is 0.0981. The Morgan fingerprint density at radius 1 is 1.21 bits per heavy atom. The molecule has 1 N–H and O–H groups in total. The number of nitrogens with one attached hydrogen (secondary N) is 1. The fourth-order valence-electron chi connectivity index (χ4n) is 3.01. The van der Waals surface area contributed by atoms with Crippen LogP contribution in [0.5, 0.6) is 0 Å². The van der Waals surface area contributed by atoms with Crippen molar-refractivity contribution in [2.45, 2.75) is 25.9 Å². The van der Waals surface area contributed by atoms with Gasteiger partial charge in [0.1, 0.15) is 0 Å². The molecule has 1 aliphatic heterocycles. The number of sulfonamides is 1. The molecule has 24 heavy (non-hydrogen) atoms. The molecule has 1 heterocycles. The zero-order chi connectivity index (χ0) is 17.3. The van der Waals surface area contributed by atoms with E-state index in [4.69, 9.17) is 0 Å². The number of anilines is 1. The third-order valence-electron chi connectivity index (χ3n) is 4.14. The van der Waals surface area contributed by atoms with Crippen LogP contribution in [-0.2, 0) is 23.0 Å². The van der Waals surface area contributed by atoms with Crippen LogP contribution in [0.15, 0.2) is 48.5 Å². The zero-order valence-corrected chi connectivity index (χ0v) is 14.5. The minimum absolute atomic E-state index is 0.0323. The number of hydrogen-bond acceptors (Lipinski definition) is 3. The predicted molar refractivity (Wildman–Crippen MR) is 94.5 cm³/mol. The molecule has 1 amide bonds. The van der Waals surface area contributed by atoms with Crippen molar-refractivity contribution in [3.8, 4) is 0 Å². The Labute approximate surface area is 142 Å². The highest BCUT2D eigenvalue weighted by atomic mass is 32.2. The van der Waals surface area contributed by atoms with Crippen molar-refractivity contribution in [3.63, 3.8) is 0 Å². The summed E-state index contributed by atoms with van der Waals surface area (Å²) in [7, 11) is -3.25. The number of amides is 1. The highest BCUT2D eigenvalue weighted by molar-refractivity contribution is 7.88. The lowest BCUT2D eigenvalue weighted by atomic mass is 10.1. The minimum atomic E-state index is -3.25. The first-order chi connectivity index (χ1) is 11.3. The summed E-state index contributed by atoms with van der Waals surface area (Å²) in [5.74, 6) is -0.0323. The van der Waals surface area contributed by atoms with Crippen LogP contribution in [0, 0.1) is 0 Å². The number of nitrogens with zero attached hydrogens (tertiary/aromatic N) is 1. The maximum atomic E-state index is 12.9. The van der Waals surface area contributed by atoms with Gasteiger partial charge in [-0.25, -0.2) is 13.1 Å². The standard InChI is InChI=1S/C18H20N2O3S/c1-13-10-16-9-8-14(12-19-24(2,22)23)11-17(16)20(13)18(21)15-6-4-3-5-7-15/h3-9,11,13,19H,10,12H2,1-2H3. The van der Waals surface area contributed by atoms with E-state index in [2.05, 4.69) is 4.72 Å². The Kier molecular flexibility index (Phi) is 4.43. The predicted octanol–water partition coefficient (Wildman–Crippen LogP) is 2.33. The van der Waals surface area contributed by atoms with Crippen LogP contribution in [0.1, 0.15) is 28.4 Å². The molecule has 5 nitrogen and oxygen atoms in total. The second-order valence-electron chi connectivity index (χ2n) is 6.15. The van der Waals surface area contributed by atoms with Gasteiger partial charge in [-0.1, -0.05) is 30.3 Å². The Morgan fingerprint density at radius 2 is 1.92 bits per heavy atom. The average molecular weight is 344 g/mol. The van der Waals surface area contributed by atoms with Crippen LogP contribution in [-0.4, -0.2) is 26.6 Å². The Hall–Kier alpha value is -2.18. The third-order valence-corrected chi connectivity index (χ3v) is 4.81. The van der Waals surface area contributed by atoms with E-state index in [9.17, 15) is 13.2 Å². The molecule has 0 saturated carbocycles. The topological polar surface area (TPSA) is 66.5 Å². The Morgan fingerprint density at radius 3 is 2.58 bits per heavy atom. The number of carbonyl (C=O) groups excluding carboxylic acids is 1. The van der Waals surface area contributed by atoms with E-state index in [1.165, 1.54) is 0 Å². The molecule has 0 aliphatic carbocycles. The van der Waals surface area contributed by atoms with E-state index >= 15 is 0 Å². The summed E-state index contributed by atoms with van der Waals surface area (Å²) in [6.07, 6.45) is 1.93. The van der Waals surface area contributed by atoms with Crippen molar-refractivity contribution in [3.05, 3.63) is 65.2 Å². The number of rotatable bonds is 4. The van der Waals surface area contributed by atoms with E-state index in [0.717, 1.165) is 29.5 Å². The molecule has 0 fully saturated rings. The Balaban J connectivity index is 1.91. The van der Waals surface area contributed by atoms with E-state index in [1.54, 1.807) is 4.90 Å². The summed E-state index contributed by atoms with van der Waals surface area (Å²) >= 11 is 0. The second kappa shape index (κ2) is 6.37. The van der Waals surface area contributed by atoms with E-state index in [-0.39, 0.29) is 18.5 Å². The molecule has 1 aliphatic rings. The van der Waals surface area contributed by atoms with Crippen LogP contribution >= 0.6 is 0 Å². The summed E-state index contributed by atoms with van der Waals surface area (Å²) in [6.45, 7) is 2.24. The molecule has 1 atom stereocenters. The summed E-state index contributed by atoms with van der Waals surface area (Å²) in [6, 6.07) is 15.0. The normalized spacial score (nSPS) is 16.9. The molecular formula is C18H20N2O3S. The van der Waals surface area contributed by atoms with Crippen molar-refractivity contribution < 1.29 is 13.2 Å². The van der Waals surface area contributed by atoms with Crippen LogP contribution in [0.3, 0.4) is 0 Å². The van der Waals surface area contributed by atoms with Gasteiger partial charge >= 0.3 is 0 Å². The van der Waals surface area contributed by atoms with Crippen LogP contribution in [0.2, 0.25) is 0 Å². The molecule has 0 aromatic heterocycles. The largest absolute Gasteiger partial charge is 0.305 e. The second-order valence-corrected chi connectivity index (χ2v) is 7.98. The van der Waals surface area contributed by atoms with Crippen molar-refractivity contribution in [2.24, 2.45) is 0 Å². The first kappa shape index (κ1) is 16.7. The molecular weight excluding hydrogens is 324 g/mol. The lowest BCUT2D eigenvalue weighted by Crippen LogP contribution is -2.35. The zero-order valence-electron chi connectivity index (χ0n) is 13.7. The number of carbonyl (C=O) groups is 1. The summed E-state index contributed by atoms with van der Waals surface area (Å²) < 4.78 is 25.0. The number of benzene rings is 2. The average Bonchev–Trinajstić information content (AvgIpc) is 2.87. The van der Waals surface area contributed by atoms with Crippen molar-refractivity contribution in [1.29, 1.82) is 0 Å². The number of fused-ring (bicyclic) bond motifs is 1. The van der Waals surface area contributed by atoms with Gasteiger partial charge in [0.2, 0.25) is 10.0 Å². The van der Waals surface area contributed by atoms with Crippen molar-refractivity contribution in [2.75, 3.05) is 11.2 Å². The van der Waals surface area contributed by atoms with Gasteiger partial charge in [0.15, 0.2) is 0 Å². The Bertz CT molecular complexity index is 863. The fraction of sp³-hybridized carbons (Fsp3) is 0.278. The van der Waals surface area contributed by atoms with Gasteiger partial charge in [-0.15, -0.1) is 0 Å². The van der Waals surface area contributed by atoms with Gasteiger partial charge in [0.25, 0.3) is 5.91 Å². The van der Waals surface area contributed by atoms with Crippen LogP contribution in [0.4, 0.5) is 5.69 Å². The molecule has 2 aromatic rings. The maximum absolute atomic E-state index is 12.9. The van der Waals surface area contributed by atoms with E-state index < -0.39 is 10.0 Å². The third kappa shape index (κ3) is 3.49.